The number of amides is 1. The zero-order valence-electron chi connectivity index (χ0n) is 19.5. The van der Waals surface area contributed by atoms with Crippen LogP contribution in [0.2, 0.25) is 0 Å². The first-order valence-electron chi connectivity index (χ1n) is 11.4. The van der Waals surface area contributed by atoms with Gasteiger partial charge in [0.15, 0.2) is 5.69 Å². The van der Waals surface area contributed by atoms with Crippen molar-refractivity contribution >= 4 is 5.91 Å². The van der Waals surface area contributed by atoms with Crippen LogP contribution in [0.4, 0.5) is 0 Å². The van der Waals surface area contributed by atoms with Crippen molar-refractivity contribution in [2.45, 2.75) is 38.8 Å². The molecule has 0 aliphatic carbocycles. The van der Waals surface area contributed by atoms with Crippen LogP contribution < -0.4 is 10.4 Å². The average molecular weight is 476 g/mol. The van der Waals surface area contributed by atoms with Crippen LogP contribution in [-0.2, 0) is 6.54 Å². The number of carbonyl (C=O) groups excluding carboxylic acids is 1. The summed E-state index contributed by atoms with van der Waals surface area (Å²) in [4.78, 5) is 38.8. The molecule has 1 aliphatic heterocycles. The summed E-state index contributed by atoms with van der Waals surface area (Å²) in [6.07, 6.45) is 7.12. The van der Waals surface area contributed by atoms with Gasteiger partial charge in [-0.3, -0.25) is 4.79 Å². The van der Waals surface area contributed by atoms with Gasteiger partial charge in [0.1, 0.15) is 17.8 Å². The summed E-state index contributed by atoms with van der Waals surface area (Å²) in [5, 5.41) is 12.6. The number of likely N-dealkylation sites (tertiary alicyclic amines) is 1. The molecule has 12 nitrogen and oxygen atoms in total. The molecule has 1 fully saturated rings. The molecule has 12 heteroatoms. The van der Waals surface area contributed by atoms with Gasteiger partial charge in [-0.25, -0.2) is 19.0 Å². The topological polar surface area (TPSA) is 126 Å². The summed E-state index contributed by atoms with van der Waals surface area (Å²) in [6.45, 7) is 2.67. The van der Waals surface area contributed by atoms with Crippen molar-refractivity contribution in [1.82, 2.24) is 44.2 Å². The Morgan fingerprint density at radius 1 is 1.09 bits per heavy atom. The van der Waals surface area contributed by atoms with E-state index in [0.29, 0.717) is 23.9 Å². The number of ether oxygens (including phenoxy) is 1. The molecule has 4 aromatic heterocycles. The van der Waals surface area contributed by atoms with E-state index in [1.165, 1.54) is 27.5 Å². The Labute approximate surface area is 200 Å². The van der Waals surface area contributed by atoms with Crippen LogP contribution in [0, 0.1) is 6.92 Å². The molecule has 4 aromatic rings. The molecule has 5 rings (SSSR count). The van der Waals surface area contributed by atoms with Gasteiger partial charge in [0.2, 0.25) is 5.88 Å². The molecule has 35 heavy (non-hydrogen) atoms. The standard InChI is InChI=1S/C23H25N9O3/c1-16-9-10-18(32-24-11-12-25-32)21(27-16)22(33)29-13-4-3-6-17(29)14-31-23(34)30(15-26-31)19-7-5-8-20(28-19)35-2/h5,7-12,15,17H,3-4,6,13-14H2,1-2H3/t17-/m0/s1. The van der Waals surface area contributed by atoms with Crippen molar-refractivity contribution < 1.29 is 9.53 Å². The third-order valence-corrected chi connectivity index (χ3v) is 6.02. The number of carbonyl (C=O) groups is 1. The van der Waals surface area contributed by atoms with Crippen molar-refractivity contribution in [2.75, 3.05) is 13.7 Å². The number of hydrogen-bond donors (Lipinski definition) is 0. The lowest BCUT2D eigenvalue weighted by molar-refractivity contribution is 0.0575. The van der Waals surface area contributed by atoms with Crippen molar-refractivity contribution in [3.8, 4) is 17.4 Å². The highest BCUT2D eigenvalue weighted by molar-refractivity contribution is 5.96. The lowest BCUT2D eigenvalue weighted by Gasteiger charge is -2.35. The van der Waals surface area contributed by atoms with E-state index in [-0.39, 0.29) is 29.9 Å². The zero-order chi connectivity index (χ0) is 24.4. The van der Waals surface area contributed by atoms with Gasteiger partial charge >= 0.3 is 5.69 Å². The Morgan fingerprint density at radius 2 is 1.91 bits per heavy atom. The number of rotatable bonds is 6. The summed E-state index contributed by atoms with van der Waals surface area (Å²) in [5.41, 5.74) is 1.18. The van der Waals surface area contributed by atoms with E-state index in [4.69, 9.17) is 4.74 Å². The second-order valence-electron chi connectivity index (χ2n) is 8.29. The first-order chi connectivity index (χ1) is 17.0. The molecule has 0 spiro atoms. The maximum absolute atomic E-state index is 13.7. The number of piperidine rings is 1. The van der Waals surface area contributed by atoms with E-state index in [2.05, 4.69) is 25.3 Å². The molecule has 1 aliphatic rings. The van der Waals surface area contributed by atoms with Crippen LogP contribution in [-0.4, -0.2) is 69.8 Å². The fraction of sp³-hybridized carbons (Fsp3) is 0.348. The quantitative estimate of drug-likeness (QED) is 0.410. The molecular weight excluding hydrogens is 450 g/mol. The van der Waals surface area contributed by atoms with E-state index in [1.807, 2.05) is 13.0 Å². The Balaban J connectivity index is 1.43. The second kappa shape index (κ2) is 9.49. The predicted molar refractivity (Wildman–Crippen MR) is 125 cm³/mol. The number of pyridine rings is 2. The van der Waals surface area contributed by atoms with Gasteiger partial charge < -0.3 is 9.64 Å². The van der Waals surface area contributed by atoms with Gasteiger partial charge in [0, 0.05) is 18.3 Å². The van der Waals surface area contributed by atoms with Gasteiger partial charge in [0.05, 0.1) is 32.1 Å². The number of aromatic nitrogens is 8. The highest BCUT2D eigenvalue weighted by Gasteiger charge is 2.31. The normalized spacial score (nSPS) is 15.8. The summed E-state index contributed by atoms with van der Waals surface area (Å²) >= 11 is 0. The first-order valence-corrected chi connectivity index (χ1v) is 11.4. The molecule has 0 bridgehead atoms. The third kappa shape index (κ3) is 4.42. The number of hydrogen-bond acceptors (Lipinski definition) is 8. The van der Waals surface area contributed by atoms with Gasteiger partial charge in [-0.05, 0) is 44.4 Å². The lowest BCUT2D eigenvalue weighted by atomic mass is 10.0. The molecule has 0 N–H and O–H groups in total. The van der Waals surface area contributed by atoms with E-state index in [0.717, 1.165) is 25.0 Å². The highest BCUT2D eigenvalue weighted by Crippen LogP contribution is 2.23. The Hall–Kier alpha value is -4.35. The second-order valence-corrected chi connectivity index (χ2v) is 8.29. The first kappa shape index (κ1) is 22.4. The Kier molecular flexibility index (Phi) is 6.08. The van der Waals surface area contributed by atoms with Crippen LogP contribution in [0.5, 0.6) is 5.88 Å². The van der Waals surface area contributed by atoms with Crippen LogP contribution in [0.15, 0.2) is 53.8 Å². The van der Waals surface area contributed by atoms with E-state index in [9.17, 15) is 9.59 Å². The number of nitrogens with zero attached hydrogens (tertiary/aromatic N) is 9. The molecule has 1 saturated heterocycles. The van der Waals surface area contributed by atoms with Crippen molar-refractivity contribution in [2.24, 2.45) is 0 Å². The van der Waals surface area contributed by atoms with Gasteiger partial charge in [0.25, 0.3) is 5.91 Å². The van der Waals surface area contributed by atoms with Gasteiger partial charge in [-0.2, -0.15) is 20.3 Å². The van der Waals surface area contributed by atoms with Crippen molar-refractivity contribution in [3.05, 3.63) is 70.9 Å². The lowest BCUT2D eigenvalue weighted by Crippen LogP contribution is -2.47. The maximum Gasteiger partial charge on any atom is 0.351 e. The van der Waals surface area contributed by atoms with Crippen LogP contribution in [0.3, 0.4) is 0 Å². The summed E-state index contributed by atoms with van der Waals surface area (Å²) in [5.74, 6) is 0.601. The predicted octanol–water partition coefficient (Wildman–Crippen LogP) is 1.42. The molecular formula is C23H25N9O3. The summed E-state index contributed by atoms with van der Waals surface area (Å²) < 4.78 is 7.89. The number of methoxy groups -OCH3 is 1. The molecule has 0 unspecified atom stereocenters. The number of aryl methyl sites for hydroxylation is 1. The summed E-state index contributed by atoms with van der Waals surface area (Å²) in [6, 6.07) is 8.57. The highest BCUT2D eigenvalue weighted by atomic mass is 16.5. The molecule has 0 saturated carbocycles. The minimum Gasteiger partial charge on any atom is -0.481 e. The summed E-state index contributed by atoms with van der Waals surface area (Å²) in [7, 11) is 1.52. The van der Waals surface area contributed by atoms with Crippen LogP contribution >= 0.6 is 0 Å². The molecule has 5 heterocycles. The van der Waals surface area contributed by atoms with Gasteiger partial charge in [-0.15, -0.1) is 4.80 Å². The molecule has 180 valence electrons. The average Bonchev–Trinajstić information content (AvgIpc) is 3.54. The van der Waals surface area contributed by atoms with E-state index < -0.39 is 0 Å². The molecule has 1 amide bonds. The largest absolute Gasteiger partial charge is 0.481 e. The Morgan fingerprint density at radius 3 is 2.71 bits per heavy atom. The minimum absolute atomic E-state index is 0.212. The van der Waals surface area contributed by atoms with Crippen LogP contribution in [0.25, 0.3) is 11.5 Å². The van der Waals surface area contributed by atoms with Crippen LogP contribution in [0.1, 0.15) is 35.4 Å². The van der Waals surface area contributed by atoms with E-state index in [1.54, 1.807) is 41.6 Å². The monoisotopic (exact) mass is 475 g/mol. The minimum atomic E-state index is -0.334. The smallest absolute Gasteiger partial charge is 0.351 e. The molecule has 0 radical (unpaired) electrons. The Bertz CT molecular complexity index is 1390. The fourth-order valence-electron chi connectivity index (χ4n) is 4.27. The van der Waals surface area contributed by atoms with Crippen molar-refractivity contribution in [1.29, 1.82) is 0 Å². The SMILES string of the molecule is COc1cccc(-n2cnn(C[C@@H]3CCCCN3C(=O)c3nc(C)ccc3-n3nccn3)c2=O)n1. The molecule has 1 atom stereocenters. The zero-order valence-corrected chi connectivity index (χ0v) is 19.5. The maximum atomic E-state index is 13.7. The van der Waals surface area contributed by atoms with E-state index >= 15 is 0 Å². The fourth-order valence-corrected chi connectivity index (χ4v) is 4.27. The van der Waals surface area contributed by atoms with Crippen molar-refractivity contribution in [3.63, 3.8) is 0 Å². The third-order valence-electron chi connectivity index (χ3n) is 6.02. The molecule has 0 aromatic carbocycles. The van der Waals surface area contributed by atoms with Gasteiger partial charge in [-0.1, -0.05) is 6.07 Å².